The molecule has 0 saturated heterocycles. The average Bonchev–Trinajstić information content (AvgIpc) is 3.10. The number of nitrogens with zero attached hydrogens (tertiary/aromatic N) is 4. The van der Waals surface area contributed by atoms with Crippen molar-refractivity contribution in [2.75, 3.05) is 0 Å². The molecule has 1 heterocycles. The van der Waals surface area contributed by atoms with E-state index < -0.39 is 0 Å². The van der Waals surface area contributed by atoms with Crippen molar-refractivity contribution < 1.29 is 9.13 Å². The van der Waals surface area contributed by atoms with Crippen LogP contribution in [-0.2, 0) is 19.6 Å². The maximum Gasteiger partial charge on any atom is 0.192 e. The lowest BCUT2D eigenvalue weighted by Crippen LogP contribution is -2.10. The summed E-state index contributed by atoms with van der Waals surface area (Å²) in [6.45, 7) is 6.51. The van der Waals surface area contributed by atoms with Gasteiger partial charge in [-0.2, -0.15) is 5.26 Å². The molecule has 0 bridgehead atoms. The van der Waals surface area contributed by atoms with Crippen LogP contribution in [0.3, 0.4) is 0 Å². The van der Waals surface area contributed by atoms with Crippen LogP contribution >= 0.6 is 11.8 Å². The lowest BCUT2D eigenvalue weighted by Gasteiger charge is -2.11. The Labute approximate surface area is 173 Å². The smallest absolute Gasteiger partial charge is 0.192 e. The SMILES string of the molecule is C=CCn1c(COc2ccc(F)cc2)nnc1S[C@@H](C#N)Cc1ccc(C)cc1. The van der Waals surface area contributed by atoms with Gasteiger partial charge >= 0.3 is 0 Å². The highest BCUT2D eigenvalue weighted by Gasteiger charge is 2.18. The van der Waals surface area contributed by atoms with Gasteiger partial charge in [-0.1, -0.05) is 47.7 Å². The summed E-state index contributed by atoms with van der Waals surface area (Å²) in [5.41, 5.74) is 2.29. The molecule has 7 heteroatoms. The van der Waals surface area contributed by atoms with Crippen molar-refractivity contribution in [3.8, 4) is 11.8 Å². The van der Waals surface area contributed by atoms with Crippen molar-refractivity contribution in [2.45, 2.75) is 36.9 Å². The quantitative estimate of drug-likeness (QED) is 0.379. The van der Waals surface area contributed by atoms with Gasteiger partial charge in [-0.05, 0) is 43.2 Å². The van der Waals surface area contributed by atoms with Crippen LogP contribution in [0.2, 0.25) is 0 Å². The molecule has 2 aromatic carbocycles. The Morgan fingerprint density at radius 1 is 1.21 bits per heavy atom. The van der Waals surface area contributed by atoms with Crippen LogP contribution in [0, 0.1) is 24.1 Å². The van der Waals surface area contributed by atoms with E-state index in [0.717, 1.165) is 5.56 Å². The second-order valence-corrected chi connectivity index (χ2v) is 7.64. The first-order valence-corrected chi connectivity index (χ1v) is 10.00. The molecule has 148 valence electrons. The zero-order valence-corrected chi connectivity index (χ0v) is 16.9. The van der Waals surface area contributed by atoms with Gasteiger partial charge in [-0.3, -0.25) is 4.57 Å². The molecule has 3 rings (SSSR count). The first-order chi connectivity index (χ1) is 14.1. The van der Waals surface area contributed by atoms with Crippen molar-refractivity contribution in [1.29, 1.82) is 5.26 Å². The number of aromatic nitrogens is 3. The number of thioether (sulfide) groups is 1. The Hall–Kier alpha value is -3.11. The Kier molecular flexibility index (Phi) is 7.04. The topological polar surface area (TPSA) is 63.7 Å². The number of halogens is 1. The van der Waals surface area contributed by atoms with Crippen LogP contribution in [0.15, 0.2) is 66.3 Å². The summed E-state index contributed by atoms with van der Waals surface area (Å²) in [5.74, 6) is 0.841. The zero-order chi connectivity index (χ0) is 20.6. The predicted octanol–water partition coefficient (Wildman–Crippen LogP) is 4.72. The Morgan fingerprint density at radius 3 is 2.59 bits per heavy atom. The molecule has 0 aliphatic heterocycles. The van der Waals surface area contributed by atoms with Gasteiger partial charge in [0.05, 0.1) is 6.07 Å². The zero-order valence-electron chi connectivity index (χ0n) is 16.1. The molecule has 5 nitrogen and oxygen atoms in total. The van der Waals surface area contributed by atoms with Crippen molar-refractivity contribution in [2.24, 2.45) is 0 Å². The fraction of sp³-hybridized carbons (Fsp3) is 0.227. The van der Waals surface area contributed by atoms with Gasteiger partial charge in [-0.15, -0.1) is 16.8 Å². The number of ether oxygens (including phenoxy) is 1. The number of rotatable bonds is 9. The highest BCUT2D eigenvalue weighted by molar-refractivity contribution is 8.00. The maximum atomic E-state index is 13.0. The molecule has 0 unspecified atom stereocenters. The van der Waals surface area contributed by atoms with Crippen LogP contribution in [0.1, 0.15) is 17.0 Å². The van der Waals surface area contributed by atoms with Gasteiger partial charge < -0.3 is 4.74 Å². The summed E-state index contributed by atoms with van der Waals surface area (Å²) in [6.07, 6.45) is 2.36. The molecule has 0 amide bonds. The molecule has 0 spiro atoms. The summed E-state index contributed by atoms with van der Waals surface area (Å²) >= 11 is 1.37. The molecule has 29 heavy (non-hydrogen) atoms. The minimum atomic E-state index is -0.318. The van der Waals surface area contributed by atoms with Gasteiger partial charge in [0.15, 0.2) is 11.0 Å². The van der Waals surface area contributed by atoms with Gasteiger partial charge in [-0.25, -0.2) is 4.39 Å². The molecule has 0 aliphatic carbocycles. The van der Waals surface area contributed by atoms with E-state index in [9.17, 15) is 9.65 Å². The minimum Gasteiger partial charge on any atom is -0.486 e. The highest BCUT2D eigenvalue weighted by Crippen LogP contribution is 2.25. The van der Waals surface area contributed by atoms with E-state index in [1.807, 2.05) is 35.8 Å². The van der Waals surface area contributed by atoms with E-state index in [4.69, 9.17) is 4.74 Å². The third-order valence-electron chi connectivity index (χ3n) is 4.22. The van der Waals surface area contributed by atoms with Crippen LogP contribution in [0.5, 0.6) is 5.75 Å². The monoisotopic (exact) mass is 408 g/mol. The van der Waals surface area contributed by atoms with Gasteiger partial charge in [0, 0.05) is 6.54 Å². The van der Waals surface area contributed by atoms with E-state index in [1.165, 1.54) is 29.5 Å². The number of hydrogen-bond acceptors (Lipinski definition) is 5. The van der Waals surface area contributed by atoms with E-state index >= 15 is 0 Å². The number of allylic oxidation sites excluding steroid dienone is 1. The maximum absolute atomic E-state index is 13.0. The van der Waals surface area contributed by atoms with Gasteiger partial charge in [0.1, 0.15) is 23.4 Å². The number of nitriles is 1. The molecule has 0 radical (unpaired) electrons. The van der Waals surface area contributed by atoms with Gasteiger partial charge in [0.25, 0.3) is 0 Å². The second-order valence-electron chi connectivity index (χ2n) is 6.47. The summed E-state index contributed by atoms with van der Waals surface area (Å²) in [5, 5.41) is 18.4. The summed E-state index contributed by atoms with van der Waals surface area (Å²) in [4.78, 5) is 0. The van der Waals surface area contributed by atoms with Crippen LogP contribution in [0.4, 0.5) is 4.39 Å². The summed E-state index contributed by atoms with van der Waals surface area (Å²) in [7, 11) is 0. The minimum absolute atomic E-state index is 0.183. The molecule has 3 aromatic rings. The predicted molar refractivity (Wildman–Crippen MR) is 111 cm³/mol. The molecular weight excluding hydrogens is 387 g/mol. The van der Waals surface area contributed by atoms with Crippen LogP contribution < -0.4 is 4.74 Å². The standard InChI is InChI=1S/C22H21FN4OS/c1-3-12-27-21(15-28-19-10-8-18(23)9-11-19)25-26-22(27)29-20(14-24)13-17-6-4-16(2)5-7-17/h3-11,20H,1,12-13,15H2,2H3/t20-/m1/s1. The molecule has 0 aliphatic rings. The lowest BCUT2D eigenvalue weighted by atomic mass is 10.1. The number of hydrogen-bond donors (Lipinski definition) is 0. The van der Waals surface area contributed by atoms with Gasteiger partial charge in [0.2, 0.25) is 0 Å². The van der Waals surface area contributed by atoms with Crippen LogP contribution in [0.25, 0.3) is 0 Å². The van der Waals surface area contributed by atoms with E-state index in [-0.39, 0.29) is 17.7 Å². The van der Waals surface area contributed by atoms with E-state index in [2.05, 4.69) is 22.8 Å². The highest BCUT2D eigenvalue weighted by atomic mass is 32.2. The van der Waals surface area contributed by atoms with E-state index in [0.29, 0.717) is 29.7 Å². The fourth-order valence-corrected chi connectivity index (χ4v) is 3.66. The molecule has 1 aromatic heterocycles. The lowest BCUT2D eigenvalue weighted by molar-refractivity contribution is 0.288. The van der Waals surface area contributed by atoms with Crippen molar-refractivity contribution in [3.63, 3.8) is 0 Å². The summed E-state index contributed by atoms with van der Waals surface area (Å²) in [6, 6.07) is 16.3. The largest absolute Gasteiger partial charge is 0.486 e. The third-order valence-corrected chi connectivity index (χ3v) is 5.29. The average molecular weight is 409 g/mol. The normalized spacial score (nSPS) is 11.6. The second kappa shape index (κ2) is 9.89. The molecule has 0 N–H and O–H groups in total. The molecular formula is C22H21FN4OS. The van der Waals surface area contributed by atoms with Crippen molar-refractivity contribution in [1.82, 2.24) is 14.8 Å². The first-order valence-electron chi connectivity index (χ1n) is 9.12. The van der Waals surface area contributed by atoms with E-state index in [1.54, 1.807) is 18.2 Å². The van der Waals surface area contributed by atoms with Crippen molar-refractivity contribution in [3.05, 3.63) is 84.0 Å². The van der Waals surface area contributed by atoms with Crippen molar-refractivity contribution >= 4 is 11.8 Å². The number of aryl methyl sites for hydroxylation is 1. The summed E-state index contributed by atoms with van der Waals surface area (Å²) < 4.78 is 20.6. The Bertz CT molecular complexity index is 993. The third kappa shape index (κ3) is 5.69. The fourth-order valence-electron chi connectivity index (χ4n) is 2.68. The number of benzene rings is 2. The Balaban J connectivity index is 1.70. The molecule has 0 fully saturated rings. The first kappa shape index (κ1) is 20.6. The molecule has 1 atom stereocenters. The van der Waals surface area contributed by atoms with Crippen LogP contribution in [-0.4, -0.2) is 20.0 Å². The molecule has 0 saturated carbocycles. The Morgan fingerprint density at radius 2 is 1.93 bits per heavy atom.